The van der Waals surface area contributed by atoms with Crippen molar-refractivity contribution in [3.63, 3.8) is 0 Å². The zero-order valence-corrected chi connectivity index (χ0v) is 18.6. The Labute approximate surface area is 187 Å². The Kier molecular flexibility index (Phi) is 6.30. The van der Waals surface area contributed by atoms with Crippen LogP contribution in [-0.2, 0) is 11.3 Å². The van der Waals surface area contributed by atoms with Gasteiger partial charge in [0.2, 0.25) is 0 Å². The summed E-state index contributed by atoms with van der Waals surface area (Å²) in [5, 5.41) is 9.10. The molecule has 1 aromatic heterocycles. The molecule has 3 aromatic rings. The van der Waals surface area contributed by atoms with E-state index in [1.54, 1.807) is 23.4 Å². The lowest BCUT2D eigenvalue weighted by atomic mass is 10.1. The van der Waals surface area contributed by atoms with Gasteiger partial charge in [-0.25, -0.2) is 0 Å². The van der Waals surface area contributed by atoms with Crippen LogP contribution in [0.1, 0.15) is 22.5 Å². The highest BCUT2D eigenvalue weighted by Crippen LogP contribution is 2.34. The zero-order chi connectivity index (χ0) is 20.9. The number of nitrogens with zero attached hydrogens (tertiary/aromatic N) is 3. The largest absolute Gasteiger partial charge is 0.467 e. The summed E-state index contributed by atoms with van der Waals surface area (Å²) < 4.78 is 6.42. The number of carbonyl (C=O) groups is 1. The van der Waals surface area contributed by atoms with Gasteiger partial charge in [0.05, 0.1) is 23.9 Å². The number of aryl methyl sites for hydroxylation is 1. The molecule has 1 aliphatic heterocycles. The lowest BCUT2D eigenvalue weighted by Crippen LogP contribution is -2.28. The first kappa shape index (κ1) is 20.4. The third-order valence-electron chi connectivity index (χ3n) is 4.48. The predicted molar refractivity (Wildman–Crippen MR) is 125 cm³/mol. The van der Waals surface area contributed by atoms with Gasteiger partial charge in [-0.15, -0.1) is 5.10 Å². The van der Waals surface area contributed by atoms with Crippen molar-refractivity contribution in [1.29, 1.82) is 0 Å². The van der Waals surface area contributed by atoms with E-state index < -0.39 is 0 Å². The van der Waals surface area contributed by atoms with Crippen LogP contribution in [0.5, 0.6) is 0 Å². The Morgan fingerprint density at radius 1 is 1.10 bits per heavy atom. The molecule has 4 rings (SSSR count). The van der Waals surface area contributed by atoms with Crippen molar-refractivity contribution in [3.05, 3.63) is 98.8 Å². The molecule has 1 fully saturated rings. The fraction of sp³-hybridized carbons (Fsp3) is 0.0870. The first-order valence-corrected chi connectivity index (χ1v) is 10.9. The van der Waals surface area contributed by atoms with E-state index in [2.05, 4.69) is 26.1 Å². The smallest absolute Gasteiger partial charge is 0.267 e. The van der Waals surface area contributed by atoms with Crippen LogP contribution in [0.2, 0.25) is 0 Å². The van der Waals surface area contributed by atoms with Crippen LogP contribution in [0.3, 0.4) is 0 Å². The molecule has 2 aromatic carbocycles. The molecule has 7 heteroatoms. The van der Waals surface area contributed by atoms with E-state index >= 15 is 0 Å². The van der Waals surface area contributed by atoms with Gasteiger partial charge < -0.3 is 4.42 Å². The Morgan fingerprint density at radius 2 is 1.90 bits per heavy atom. The molecule has 1 saturated heterocycles. The summed E-state index contributed by atoms with van der Waals surface area (Å²) in [6.07, 6.45) is 5.16. The topological polar surface area (TPSA) is 58.2 Å². The zero-order valence-electron chi connectivity index (χ0n) is 16.2. The predicted octanol–water partition coefficient (Wildman–Crippen LogP) is 5.86. The molecule has 0 aliphatic carbocycles. The number of halogens is 1. The number of amides is 1. The fourth-order valence-electron chi connectivity index (χ4n) is 2.86. The Morgan fingerprint density at radius 3 is 2.63 bits per heavy atom. The molecule has 0 unspecified atom stereocenters. The van der Waals surface area contributed by atoms with Crippen LogP contribution in [0.15, 0.2) is 90.9 Å². The summed E-state index contributed by atoms with van der Waals surface area (Å²) in [5.74, 6) is 0.564. The van der Waals surface area contributed by atoms with Gasteiger partial charge >= 0.3 is 0 Å². The highest BCUT2D eigenvalue weighted by molar-refractivity contribution is 9.10. The van der Waals surface area contributed by atoms with Crippen LogP contribution in [0.25, 0.3) is 6.08 Å². The lowest BCUT2D eigenvalue weighted by molar-refractivity contribution is -0.122. The second-order valence-corrected chi connectivity index (χ2v) is 8.54. The van der Waals surface area contributed by atoms with Crippen molar-refractivity contribution in [3.8, 4) is 0 Å². The summed E-state index contributed by atoms with van der Waals surface area (Å²) in [6.45, 7) is 2.32. The maximum Gasteiger partial charge on any atom is 0.267 e. The molecule has 30 heavy (non-hydrogen) atoms. The average Bonchev–Trinajstić information content (AvgIpc) is 3.35. The molecule has 0 atom stereocenters. The minimum absolute atomic E-state index is 0.121. The molecule has 150 valence electrons. The first-order valence-electron chi connectivity index (χ1n) is 9.26. The van der Waals surface area contributed by atoms with Crippen molar-refractivity contribution in [1.82, 2.24) is 4.90 Å². The molecule has 0 radical (unpaired) electrons. The van der Waals surface area contributed by atoms with Crippen molar-refractivity contribution < 1.29 is 9.21 Å². The number of benzene rings is 2. The highest BCUT2D eigenvalue weighted by Gasteiger charge is 2.34. The molecular formula is C23H18BrN3O2S. The van der Waals surface area contributed by atoms with Crippen LogP contribution >= 0.6 is 27.7 Å². The van der Waals surface area contributed by atoms with Gasteiger partial charge in [0, 0.05) is 4.47 Å². The molecule has 1 amide bonds. The molecule has 0 N–H and O–H groups in total. The monoisotopic (exact) mass is 479 g/mol. The van der Waals surface area contributed by atoms with E-state index in [1.165, 1.54) is 11.8 Å². The van der Waals surface area contributed by atoms with Crippen LogP contribution in [0.4, 0.5) is 0 Å². The maximum atomic E-state index is 13.1. The molecule has 0 spiro atoms. The van der Waals surface area contributed by atoms with E-state index in [1.807, 2.05) is 67.6 Å². The molecule has 2 heterocycles. The van der Waals surface area contributed by atoms with Crippen molar-refractivity contribution >= 4 is 51.1 Å². The van der Waals surface area contributed by atoms with E-state index in [0.29, 0.717) is 22.4 Å². The van der Waals surface area contributed by atoms with Gasteiger partial charge in [-0.05, 0) is 65.7 Å². The second kappa shape index (κ2) is 9.28. The van der Waals surface area contributed by atoms with E-state index in [-0.39, 0.29) is 5.91 Å². The summed E-state index contributed by atoms with van der Waals surface area (Å²) >= 11 is 4.74. The molecule has 5 nitrogen and oxygen atoms in total. The number of thioether (sulfide) groups is 1. The quantitative estimate of drug-likeness (QED) is 0.261. The minimum Gasteiger partial charge on any atom is -0.467 e. The van der Waals surface area contributed by atoms with Crippen LogP contribution in [0, 0.1) is 6.92 Å². The standard InChI is InChI=1S/C23H18BrN3O2S/c1-16-5-2-3-6-18(16)14-25-26-23-27(15-20-7-4-12-29-20)22(28)21(30-23)13-17-8-10-19(24)11-9-17/h2-14H,15H2,1H3/b21-13-,25-14-,26-23+. The number of rotatable bonds is 5. The first-order chi connectivity index (χ1) is 14.6. The number of furan rings is 1. The van der Waals surface area contributed by atoms with Crippen molar-refractivity contribution in [2.45, 2.75) is 13.5 Å². The Bertz CT molecular complexity index is 1140. The van der Waals surface area contributed by atoms with Gasteiger partial charge in [0.15, 0.2) is 5.17 Å². The summed E-state index contributed by atoms with van der Waals surface area (Å²) in [7, 11) is 0. The lowest BCUT2D eigenvalue weighted by Gasteiger charge is -2.12. The van der Waals surface area contributed by atoms with E-state index in [9.17, 15) is 4.79 Å². The molecule has 0 saturated carbocycles. The SMILES string of the molecule is Cc1ccccc1/C=N\N=C1\S/C(=C\c2ccc(Br)cc2)C(=O)N1Cc1ccco1. The van der Waals surface area contributed by atoms with Crippen molar-refractivity contribution in [2.75, 3.05) is 0 Å². The van der Waals surface area contributed by atoms with Crippen molar-refractivity contribution in [2.24, 2.45) is 10.2 Å². The Hall–Kier alpha value is -2.90. The van der Waals surface area contributed by atoms with Gasteiger partial charge in [0.1, 0.15) is 5.76 Å². The number of carbonyl (C=O) groups excluding carboxylic acids is 1. The van der Waals surface area contributed by atoms with E-state index in [4.69, 9.17) is 4.42 Å². The number of amidine groups is 1. The third-order valence-corrected chi connectivity index (χ3v) is 6.00. The third kappa shape index (κ3) is 4.80. The highest BCUT2D eigenvalue weighted by atomic mass is 79.9. The second-order valence-electron chi connectivity index (χ2n) is 6.62. The minimum atomic E-state index is -0.121. The molecular weight excluding hydrogens is 462 g/mol. The Balaban J connectivity index is 1.62. The van der Waals surface area contributed by atoms with Gasteiger partial charge in [0.25, 0.3) is 5.91 Å². The summed E-state index contributed by atoms with van der Waals surface area (Å²) in [5.41, 5.74) is 3.04. The summed E-state index contributed by atoms with van der Waals surface area (Å²) in [4.78, 5) is 15.2. The number of hydrogen-bond acceptors (Lipinski definition) is 5. The number of hydrogen-bond donors (Lipinski definition) is 0. The normalized spacial score (nSPS) is 17.0. The fourth-order valence-corrected chi connectivity index (χ4v) is 4.06. The summed E-state index contributed by atoms with van der Waals surface area (Å²) in [6, 6.07) is 19.4. The molecule has 0 bridgehead atoms. The van der Waals surface area contributed by atoms with E-state index in [0.717, 1.165) is 21.2 Å². The van der Waals surface area contributed by atoms with Crippen LogP contribution in [-0.4, -0.2) is 22.2 Å². The van der Waals surface area contributed by atoms with Gasteiger partial charge in [-0.3, -0.25) is 9.69 Å². The average molecular weight is 480 g/mol. The van der Waals surface area contributed by atoms with Crippen LogP contribution < -0.4 is 0 Å². The van der Waals surface area contributed by atoms with Gasteiger partial charge in [-0.2, -0.15) is 5.10 Å². The maximum absolute atomic E-state index is 13.1. The molecule has 1 aliphatic rings. The van der Waals surface area contributed by atoms with Gasteiger partial charge in [-0.1, -0.05) is 52.3 Å².